The molecule has 2 aliphatic heterocycles. The van der Waals surface area contributed by atoms with Gasteiger partial charge < -0.3 is 21.1 Å². The van der Waals surface area contributed by atoms with Crippen LogP contribution in [-0.4, -0.2) is 87.0 Å². The van der Waals surface area contributed by atoms with Gasteiger partial charge in [-0.05, 0) is 0 Å². The Morgan fingerprint density at radius 2 is 2.10 bits per heavy atom. The molecule has 2 aliphatic rings. The fourth-order valence-corrected chi connectivity index (χ4v) is 3.44. The second kappa shape index (κ2) is 6.87. The molecule has 29 heavy (non-hydrogen) atoms. The van der Waals surface area contributed by atoms with Crippen LogP contribution in [0.15, 0.2) is 6.20 Å². The fourth-order valence-electron chi connectivity index (χ4n) is 3.07. The summed E-state index contributed by atoms with van der Waals surface area (Å²) in [6.07, 6.45) is -0.262. The minimum absolute atomic E-state index is 0.0657. The van der Waals surface area contributed by atoms with E-state index >= 15 is 0 Å². The zero-order valence-corrected chi connectivity index (χ0v) is 15.4. The quantitative estimate of drug-likeness (QED) is 0.411. The number of primary amides is 1. The van der Waals surface area contributed by atoms with Crippen molar-refractivity contribution in [1.82, 2.24) is 30.0 Å². The maximum atomic E-state index is 12.5. The highest BCUT2D eigenvalue weighted by Gasteiger charge is 2.52. The molecule has 17 heteroatoms. The van der Waals surface area contributed by atoms with E-state index in [4.69, 9.17) is 15.4 Å². The third-order valence-electron chi connectivity index (χ3n) is 4.35. The SMILES string of the molecule is CN(C(N)=O)C(=O)n1cc2c(n1)C(CNC(=O)O)N1C[C@H]2N(OS(=O)(=O)O)C1=O. The van der Waals surface area contributed by atoms with Gasteiger partial charge in [-0.15, -0.1) is 4.28 Å². The predicted molar refractivity (Wildman–Crippen MR) is 88.5 cm³/mol. The van der Waals surface area contributed by atoms with Crippen LogP contribution < -0.4 is 11.1 Å². The lowest BCUT2D eigenvalue weighted by atomic mass is 9.98. The number of nitrogens with two attached hydrogens (primary N) is 1. The summed E-state index contributed by atoms with van der Waals surface area (Å²) in [7, 11) is -3.96. The van der Waals surface area contributed by atoms with Crippen LogP contribution >= 0.6 is 0 Å². The first-order chi connectivity index (χ1) is 13.4. The number of hydrogen-bond donors (Lipinski definition) is 4. The molecule has 6 amide bonds. The van der Waals surface area contributed by atoms with Crippen LogP contribution in [0.1, 0.15) is 23.3 Å². The topological polar surface area (TPSA) is 218 Å². The second-order valence-corrected chi connectivity index (χ2v) is 7.08. The number of urea groups is 2. The molecule has 5 N–H and O–H groups in total. The molecule has 2 bridgehead atoms. The Morgan fingerprint density at radius 3 is 2.66 bits per heavy atom. The number of nitrogens with one attached hydrogen (secondary N) is 1. The summed E-state index contributed by atoms with van der Waals surface area (Å²) in [6.45, 7) is -0.476. The van der Waals surface area contributed by atoms with E-state index in [9.17, 15) is 27.6 Å². The number of hydrogen-bond acceptors (Lipinski definition) is 8. The number of fused-ring (bicyclic) bond motifs is 4. The van der Waals surface area contributed by atoms with Gasteiger partial charge in [0.2, 0.25) is 0 Å². The van der Waals surface area contributed by atoms with Crippen molar-refractivity contribution in [3.05, 3.63) is 17.5 Å². The maximum absolute atomic E-state index is 12.5. The molecule has 1 unspecified atom stereocenters. The molecule has 2 atom stereocenters. The summed E-state index contributed by atoms with van der Waals surface area (Å²) in [6, 6.07) is -5.08. The summed E-state index contributed by atoms with van der Waals surface area (Å²) >= 11 is 0. The lowest BCUT2D eigenvalue weighted by Gasteiger charge is -2.29. The van der Waals surface area contributed by atoms with Gasteiger partial charge in [0.1, 0.15) is 6.04 Å². The zero-order chi connectivity index (χ0) is 21.7. The van der Waals surface area contributed by atoms with E-state index in [1.54, 1.807) is 0 Å². The largest absolute Gasteiger partial charge is 0.465 e. The third-order valence-corrected chi connectivity index (χ3v) is 4.69. The Kier molecular flexibility index (Phi) is 4.81. The Bertz CT molecular complexity index is 1010. The lowest BCUT2D eigenvalue weighted by molar-refractivity contribution is -0.0317. The number of amides is 6. The van der Waals surface area contributed by atoms with Crippen molar-refractivity contribution < 1.29 is 41.5 Å². The number of imide groups is 1. The van der Waals surface area contributed by atoms with Crippen LogP contribution in [0.3, 0.4) is 0 Å². The number of carboxylic acid groups (broad SMARTS) is 1. The molecule has 0 spiro atoms. The molecule has 1 fully saturated rings. The number of carbonyl (C=O) groups is 4. The fraction of sp³-hybridized carbons (Fsp3) is 0.417. The monoisotopic (exact) mass is 433 g/mol. The van der Waals surface area contributed by atoms with Crippen molar-refractivity contribution in [1.29, 1.82) is 0 Å². The molecule has 0 radical (unpaired) electrons. The Morgan fingerprint density at radius 1 is 1.45 bits per heavy atom. The summed E-state index contributed by atoms with van der Waals surface area (Å²) in [5.41, 5.74) is 5.27. The molecular formula is C12H15N7O9S. The van der Waals surface area contributed by atoms with E-state index in [2.05, 4.69) is 14.7 Å². The van der Waals surface area contributed by atoms with Crippen molar-refractivity contribution in [2.24, 2.45) is 5.73 Å². The predicted octanol–water partition coefficient (Wildman–Crippen LogP) is -1.30. The van der Waals surface area contributed by atoms with Crippen LogP contribution in [0.5, 0.6) is 0 Å². The van der Waals surface area contributed by atoms with E-state index in [-0.39, 0.29) is 24.3 Å². The van der Waals surface area contributed by atoms with Gasteiger partial charge in [-0.3, -0.25) is 4.55 Å². The molecule has 1 saturated heterocycles. The van der Waals surface area contributed by atoms with E-state index in [0.29, 0.717) is 9.96 Å². The van der Waals surface area contributed by atoms with Crippen molar-refractivity contribution in [3.63, 3.8) is 0 Å². The van der Waals surface area contributed by atoms with Crippen molar-refractivity contribution in [2.45, 2.75) is 12.1 Å². The standard InChI is InChI=1S/C12H15N7O9S/c1-16(9(13)20)11(23)18-3-5-7-4-17(12(24)19(7)28-29(25,26)27)6(8(5)15-18)2-14-10(21)22/h3,6-7,14H,2,4H2,1H3,(H2,13,20)(H,21,22)(H,25,26,27)/t6?,7-/m1/s1. The first-order valence-electron chi connectivity index (χ1n) is 7.81. The van der Waals surface area contributed by atoms with Gasteiger partial charge in [0.15, 0.2) is 0 Å². The molecule has 0 aromatic carbocycles. The minimum Gasteiger partial charge on any atom is -0.465 e. The van der Waals surface area contributed by atoms with Crippen molar-refractivity contribution in [2.75, 3.05) is 20.1 Å². The average molecular weight is 433 g/mol. The van der Waals surface area contributed by atoms with Crippen LogP contribution in [0.2, 0.25) is 0 Å². The van der Waals surface area contributed by atoms with Crippen LogP contribution in [0, 0.1) is 0 Å². The molecule has 3 rings (SSSR count). The van der Waals surface area contributed by atoms with Crippen LogP contribution in [-0.2, 0) is 14.7 Å². The second-order valence-electron chi connectivity index (χ2n) is 6.07. The molecular weight excluding hydrogens is 418 g/mol. The van der Waals surface area contributed by atoms with E-state index < -0.39 is 46.7 Å². The highest BCUT2D eigenvalue weighted by atomic mass is 32.3. The number of carbonyl (C=O) groups excluding carboxylic acids is 3. The van der Waals surface area contributed by atoms with Crippen molar-refractivity contribution in [3.8, 4) is 0 Å². The molecule has 1 aromatic rings. The smallest absolute Gasteiger partial charge is 0.418 e. The van der Waals surface area contributed by atoms with Crippen molar-refractivity contribution >= 4 is 34.6 Å². The van der Waals surface area contributed by atoms with Gasteiger partial charge in [-0.25, -0.2) is 24.1 Å². The first-order valence-corrected chi connectivity index (χ1v) is 9.17. The summed E-state index contributed by atoms with van der Waals surface area (Å²) < 4.78 is 36.2. The maximum Gasteiger partial charge on any atom is 0.418 e. The summed E-state index contributed by atoms with van der Waals surface area (Å²) in [5, 5.41) is 15.3. The van der Waals surface area contributed by atoms with Gasteiger partial charge in [-0.2, -0.15) is 23.3 Å². The van der Waals surface area contributed by atoms with Gasteiger partial charge in [0.05, 0.1) is 18.3 Å². The average Bonchev–Trinajstić information content (AvgIpc) is 3.16. The van der Waals surface area contributed by atoms with E-state index in [1.807, 2.05) is 0 Å². The molecule has 1 aromatic heterocycles. The third kappa shape index (κ3) is 3.65. The number of nitrogens with zero attached hydrogens (tertiary/aromatic N) is 5. The lowest BCUT2D eigenvalue weighted by Crippen LogP contribution is -2.42. The van der Waals surface area contributed by atoms with E-state index in [1.165, 1.54) is 0 Å². The Hall–Kier alpha value is -3.44. The molecule has 158 valence electrons. The van der Waals surface area contributed by atoms with Gasteiger partial charge in [0, 0.05) is 25.4 Å². The summed E-state index contributed by atoms with van der Waals surface area (Å²) in [5.74, 6) is 0. The van der Waals surface area contributed by atoms with Crippen LogP contribution in [0.25, 0.3) is 0 Å². The van der Waals surface area contributed by atoms with Gasteiger partial charge >= 0.3 is 34.6 Å². The number of rotatable bonds is 4. The normalized spacial score (nSPS) is 20.4. The van der Waals surface area contributed by atoms with Gasteiger partial charge in [0.25, 0.3) is 0 Å². The number of aromatic nitrogens is 2. The minimum atomic E-state index is -5.05. The van der Waals surface area contributed by atoms with Gasteiger partial charge in [-0.1, -0.05) is 0 Å². The first kappa shape index (κ1) is 20.3. The Balaban J connectivity index is 2.04. The number of hydroxylamine groups is 2. The molecule has 16 nitrogen and oxygen atoms in total. The Labute approximate surface area is 162 Å². The summed E-state index contributed by atoms with van der Waals surface area (Å²) in [4.78, 5) is 48.5. The molecule has 0 aliphatic carbocycles. The highest BCUT2D eigenvalue weighted by Crippen LogP contribution is 2.43. The zero-order valence-electron chi connectivity index (χ0n) is 14.6. The molecule has 0 saturated carbocycles. The van der Waals surface area contributed by atoms with Crippen LogP contribution in [0.4, 0.5) is 19.2 Å². The van der Waals surface area contributed by atoms with E-state index in [0.717, 1.165) is 22.8 Å². The highest BCUT2D eigenvalue weighted by molar-refractivity contribution is 7.80. The molecule has 3 heterocycles.